The van der Waals surface area contributed by atoms with Crippen molar-refractivity contribution in [1.82, 2.24) is 25.5 Å². The van der Waals surface area contributed by atoms with Crippen LogP contribution in [0.1, 0.15) is 62.9 Å². The van der Waals surface area contributed by atoms with Crippen LogP contribution < -0.4 is 5.32 Å². The van der Waals surface area contributed by atoms with E-state index in [1.54, 1.807) is 0 Å². The molecule has 0 aliphatic heterocycles. The van der Waals surface area contributed by atoms with Gasteiger partial charge >= 0.3 is 0 Å². The van der Waals surface area contributed by atoms with Gasteiger partial charge in [0.15, 0.2) is 5.82 Å². The summed E-state index contributed by atoms with van der Waals surface area (Å²) in [5.74, 6) is 1.75. The van der Waals surface area contributed by atoms with Gasteiger partial charge in [-0.2, -0.15) is 4.68 Å². The number of hydrogen-bond donors (Lipinski definition) is 1. The molecule has 3 rings (SSSR count). The zero-order chi connectivity index (χ0) is 17.2. The van der Waals surface area contributed by atoms with Gasteiger partial charge < -0.3 is 5.32 Å². The van der Waals surface area contributed by atoms with E-state index in [2.05, 4.69) is 66.7 Å². The van der Waals surface area contributed by atoms with Crippen molar-refractivity contribution in [3.05, 3.63) is 35.2 Å². The molecular weight excluding hydrogens is 298 g/mol. The zero-order valence-electron chi connectivity index (χ0n) is 15.3. The molecule has 0 unspecified atom stereocenters. The molecule has 5 heteroatoms. The van der Waals surface area contributed by atoms with E-state index in [1.165, 1.54) is 24.0 Å². The predicted octanol–water partition coefficient (Wildman–Crippen LogP) is 3.68. The van der Waals surface area contributed by atoms with Crippen LogP contribution in [0.2, 0.25) is 0 Å². The van der Waals surface area contributed by atoms with Crippen molar-refractivity contribution in [2.45, 2.75) is 65.3 Å². The normalized spacial score (nSPS) is 24.2. The Morgan fingerprint density at radius 3 is 2.67 bits per heavy atom. The molecule has 130 valence electrons. The summed E-state index contributed by atoms with van der Waals surface area (Å²) >= 11 is 0. The summed E-state index contributed by atoms with van der Waals surface area (Å²) in [6, 6.07) is 6.45. The van der Waals surface area contributed by atoms with Crippen LogP contribution in [0, 0.1) is 19.8 Å². The average Bonchev–Trinajstić information content (AvgIpc) is 3.05. The summed E-state index contributed by atoms with van der Waals surface area (Å²) < 4.78 is 1.95. The van der Waals surface area contributed by atoms with Crippen LogP contribution in [0.15, 0.2) is 18.2 Å². The van der Waals surface area contributed by atoms with Crippen LogP contribution in [0.5, 0.6) is 0 Å². The van der Waals surface area contributed by atoms with Crippen LogP contribution in [-0.4, -0.2) is 26.8 Å². The first-order chi connectivity index (χ1) is 11.6. The third-order valence-electron chi connectivity index (χ3n) is 5.32. The van der Waals surface area contributed by atoms with E-state index in [9.17, 15) is 0 Å². The van der Waals surface area contributed by atoms with Crippen LogP contribution in [0.4, 0.5) is 0 Å². The molecule has 0 spiro atoms. The molecule has 0 atom stereocenters. The predicted molar refractivity (Wildman–Crippen MR) is 96.2 cm³/mol. The van der Waals surface area contributed by atoms with E-state index >= 15 is 0 Å². The van der Waals surface area contributed by atoms with E-state index in [0.29, 0.717) is 0 Å². The number of hydrogen-bond acceptors (Lipinski definition) is 4. The molecule has 0 amide bonds. The summed E-state index contributed by atoms with van der Waals surface area (Å²) in [5, 5.41) is 16.6. The number of benzene rings is 1. The van der Waals surface area contributed by atoms with E-state index in [-0.39, 0.29) is 5.54 Å². The Morgan fingerprint density at radius 1 is 1.25 bits per heavy atom. The summed E-state index contributed by atoms with van der Waals surface area (Å²) in [4.78, 5) is 0. The monoisotopic (exact) mass is 327 g/mol. The second-order valence-corrected chi connectivity index (χ2v) is 7.40. The lowest BCUT2D eigenvalue weighted by Crippen LogP contribution is -2.47. The number of aromatic nitrogens is 4. The first-order valence-electron chi connectivity index (χ1n) is 9.17. The molecule has 5 nitrogen and oxygen atoms in total. The Kier molecular flexibility index (Phi) is 4.99. The highest BCUT2D eigenvalue weighted by Gasteiger charge is 2.40. The van der Waals surface area contributed by atoms with Gasteiger partial charge in [-0.25, -0.2) is 0 Å². The summed E-state index contributed by atoms with van der Waals surface area (Å²) in [6.07, 6.45) is 5.74. The smallest absolute Gasteiger partial charge is 0.176 e. The number of nitrogens with zero attached hydrogens (tertiary/aromatic N) is 4. The van der Waals surface area contributed by atoms with Gasteiger partial charge in [-0.1, -0.05) is 31.5 Å². The van der Waals surface area contributed by atoms with Gasteiger partial charge in [0.1, 0.15) is 0 Å². The van der Waals surface area contributed by atoms with Crippen LogP contribution in [-0.2, 0) is 5.54 Å². The molecule has 1 aliphatic rings. The number of tetrazole rings is 1. The van der Waals surface area contributed by atoms with Crippen molar-refractivity contribution in [2.24, 2.45) is 5.92 Å². The topological polar surface area (TPSA) is 55.6 Å². The maximum atomic E-state index is 4.47. The van der Waals surface area contributed by atoms with Gasteiger partial charge in [-0.3, -0.25) is 0 Å². The number of aryl methyl sites for hydroxylation is 2. The van der Waals surface area contributed by atoms with E-state index < -0.39 is 0 Å². The molecule has 1 aromatic heterocycles. The minimum Gasteiger partial charge on any atom is -0.305 e. The van der Waals surface area contributed by atoms with E-state index in [0.717, 1.165) is 43.2 Å². The van der Waals surface area contributed by atoms with Gasteiger partial charge in [-0.05, 0) is 80.5 Å². The Morgan fingerprint density at radius 2 is 2.00 bits per heavy atom. The largest absolute Gasteiger partial charge is 0.305 e. The van der Waals surface area contributed by atoms with Gasteiger partial charge in [0.2, 0.25) is 0 Å². The fourth-order valence-electron chi connectivity index (χ4n) is 3.79. The maximum Gasteiger partial charge on any atom is 0.176 e. The first kappa shape index (κ1) is 17.1. The van der Waals surface area contributed by atoms with E-state index in [1.807, 2.05) is 4.68 Å². The van der Waals surface area contributed by atoms with Gasteiger partial charge in [0.25, 0.3) is 0 Å². The molecule has 1 N–H and O–H groups in total. The lowest BCUT2D eigenvalue weighted by molar-refractivity contribution is 0.183. The van der Waals surface area contributed by atoms with Crippen molar-refractivity contribution in [1.29, 1.82) is 0 Å². The van der Waals surface area contributed by atoms with E-state index in [4.69, 9.17) is 0 Å². The van der Waals surface area contributed by atoms with Gasteiger partial charge in [0, 0.05) is 0 Å². The van der Waals surface area contributed by atoms with Crippen LogP contribution in [0.3, 0.4) is 0 Å². The molecule has 2 aromatic rings. The second-order valence-electron chi connectivity index (χ2n) is 7.40. The molecule has 0 bridgehead atoms. The molecule has 1 aromatic carbocycles. The molecule has 1 aliphatic carbocycles. The Bertz CT molecular complexity index is 677. The fraction of sp³-hybridized carbons (Fsp3) is 0.632. The second kappa shape index (κ2) is 7.01. The van der Waals surface area contributed by atoms with Crippen LogP contribution >= 0.6 is 0 Å². The lowest BCUT2D eigenvalue weighted by atomic mass is 9.76. The fourth-order valence-corrected chi connectivity index (χ4v) is 3.79. The molecule has 1 fully saturated rings. The average molecular weight is 327 g/mol. The summed E-state index contributed by atoms with van der Waals surface area (Å²) in [6.45, 7) is 9.79. The SMILES string of the molecule is CCCNC1(c2nnnn2-c2ccc(C)cc2C)CCC(C)CC1. The Balaban J connectivity index is 2.02. The molecule has 24 heavy (non-hydrogen) atoms. The standard InChI is InChI=1S/C19H29N5/c1-5-12-20-19(10-8-14(2)9-11-19)18-21-22-23-24(18)17-7-6-15(3)13-16(17)4/h6-7,13-14,20H,5,8-12H2,1-4H3. The van der Waals surface area contributed by atoms with Crippen molar-refractivity contribution in [2.75, 3.05) is 6.54 Å². The third-order valence-corrected chi connectivity index (χ3v) is 5.32. The Hall–Kier alpha value is -1.75. The van der Waals surface area contributed by atoms with Gasteiger partial charge in [-0.15, -0.1) is 5.10 Å². The lowest BCUT2D eigenvalue weighted by Gasteiger charge is -2.39. The molecule has 0 saturated heterocycles. The third kappa shape index (κ3) is 3.22. The molecule has 1 saturated carbocycles. The van der Waals surface area contributed by atoms with Crippen molar-refractivity contribution < 1.29 is 0 Å². The van der Waals surface area contributed by atoms with Crippen molar-refractivity contribution in [3.63, 3.8) is 0 Å². The minimum atomic E-state index is -0.108. The van der Waals surface area contributed by atoms with Gasteiger partial charge in [0.05, 0.1) is 11.2 Å². The van der Waals surface area contributed by atoms with Crippen molar-refractivity contribution in [3.8, 4) is 5.69 Å². The van der Waals surface area contributed by atoms with Crippen LogP contribution in [0.25, 0.3) is 5.69 Å². The maximum absolute atomic E-state index is 4.47. The quantitative estimate of drug-likeness (QED) is 0.910. The first-order valence-corrected chi connectivity index (χ1v) is 9.17. The Labute approximate surface area is 144 Å². The summed E-state index contributed by atoms with van der Waals surface area (Å²) in [5.41, 5.74) is 3.44. The number of nitrogens with one attached hydrogen (secondary N) is 1. The zero-order valence-corrected chi connectivity index (χ0v) is 15.3. The highest BCUT2D eigenvalue weighted by atomic mass is 15.6. The van der Waals surface area contributed by atoms with Crippen molar-refractivity contribution >= 4 is 0 Å². The number of rotatable bonds is 5. The highest BCUT2D eigenvalue weighted by Crippen LogP contribution is 2.39. The summed E-state index contributed by atoms with van der Waals surface area (Å²) in [7, 11) is 0. The molecule has 1 heterocycles. The minimum absolute atomic E-state index is 0.108. The molecular formula is C19H29N5. The highest BCUT2D eigenvalue weighted by molar-refractivity contribution is 5.42. The molecule has 0 radical (unpaired) electrons.